The molecule has 9 heteroatoms. The molecule has 0 spiro atoms. The molecule has 0 saturated heterocycles. The first-order chi connectivity index (χ1) is 21.1. The Kier molecular flexibility index (Phi) is 9.13. The van der Waals surface area contributed by atoms with Crippen LogP contribution in [-0.4, -0.2) is 39.7 Å². The first kappa shape index (κ1) is 30.5. The molecular formula is C35H31F4N3O2. The SMILES string of the molecule is Cc1ccc(CN(CCc2c[nH]c3ccccc23)C(=O)CN(Cc2ccc(F)cc2)C(=O)c2cccc(C(F)(F)F)c2)cc1. The summed E-state index contributed by atoms with van der Waals surface area (Å²) in [5, 5.41) is 1.05. The van der Waals surface area contributed by atoms with Crippen molar-refractivity contribution in [3.8, 4) is 0 Å². The Balaban J connectivity index is 1.43. The minimum atomic E-state index is -4.64. The molecule has 2 amide bonds. The number of carbonyl (C=O) groups is 2. The molecule has 0 saturated carbocycles. The topological polar surface area (TPSA) is 56.4 Å². The van der Waals surface area contributed by atoms with Crippen molar-refractivity contribution in [1.29, 1.82) is 0 Å². The van der Waals surface area contributed by atoms with Gasteiger partial charge in [-0.25, -0.2) is 4.39 Å². The van der Waals surface area contributed by atoms with Crippen LogP contribution in [0.5, 0.6) is 0 Å². The van der Waals surface area contributed by atoms with Gasteiger partial charge in [-0.1, -0.05) is 66.2 Å². The van der Waals surface area contributed by atoms with Gasteiger partial charge in [-0.15, -0.1) is 0 Å². The van der Waals surface area contributed by atoms with Crippen LogP contribution in [0.1, 0.15) is 38.2 Å². The summed E-state index contributed by atoms with van der Waals surface area (Å²) < 4.78 is 53.9. The van der Waals surface area contributed by atoms with E-state index in [-0.39, 0.29) is 31.1 Å². The van der Waals surface area contributed by atoms with E-state index in [1.807, 2.05) is 61.7 Å². The van der Waals surface area contributed by atoms with Crippen LogP contribution in [0.2, 0.25) is 0 Å². The van der Waals surface area contributed by atoms with E-state index in [9.17, 15) is 27.2 Å². The van der Waals surface area contributed by atoms with E-state index >= 15 is 0 Å². The van der Waals surface area contributed by atoms with E-state index in [0.29, 0.717) is 18.5 Å². The molecule has 5 nitrogen and oxygen atoms in total. The van der Waals surface area contributed by atoms with Crippen molar-refractivity contribution in [2.24, 2.45) is 0 Å². The van der Waals surface area contributed by atoms with Gasteiger partial charge in [-0.05, 0) is 66.4 Å². The fourth-order valence-electron chi connectivity index (χ4n) is 5.08. The average Bonchev–Trinajstić information content (AvgIpc) is 3.43. The van der Waals surface area contributed by atoms with Crippen LogP contribution in [0, 0.1) is 12.7 Å². The maximum atomic E-state index is 13.9. The van der Waals surface area contributed by atoms with E-state index in [2.05, 4.69) is 4.98 Å². The highest BCUT2D eigenvalue weighted by molar-refractivity contribution is 5.96. The van der Waals surface area contributed by atoms with E-state index in [1.165, 1.54) is 41.3 Å². The predicted molar refractivity (Wildman–Crippen MR) is 161 cm³/mol. The third-order valence-corrected chi connectivity index (χ3v) is 7.51. The molecule has 0 fully saturated rings. The first-order valence-electron chi connectivity index (χ1n) is 14.2. The number of alkyl halides is 3. The number of aromatic amines is 1. The summed E-state index contributed by atoms with van der Waals surface area (Å²) in [5.74, 6) is -1.57. The summed E-state index contributed by atoms with van der Waals surface area (Å²) in [6.07, 6.45) is -2.18. The van der Waals surface area contributed by atoms with Gasteiger partial charge in [0.25, 0.3) is 5.91 Å². The van der Waals surface area contributed by atoms with Crippen LogP contribution >= 0.6 is 0 Å². The van der Waals surface area contributed by atoms with Crippen molar-refractivity contribution in [2.45, 2.75) is 32.6 Å². The summed E-state index contributed by atoms with van der Waals surface area (Å²) in [7, 11) is 0. The third kappa shape index (κ3) is 7.53. The Hall–Kier alpha value is -4.92. The van der Waals surface area contributed by atoms with Gasteiger partial charge in [0.15, 0.2) is 0 Å². The van der Waals surface area contributed by atoms with Gasteiger partial charge in [-0.3, -0.25) is 9.59 Å². The number of rotatable bonds is 10. The van der Waals surface area contributed by atoms with Crippen molar-refractivity contribution in [3.05, 3.63) is 142 Å². The highest BCUT2D eigenvalue weighted by Gasteiger charge is 2.32. The number of hydrogen-bond donors (Lipinski definition) is 1. The minimum Gasteiger partial charge on any atom is -0.361 e. The van der Waals surface area contributed by atoms with Crippen molar-refractivity contribution in [1.82, 2.24) is 14.8 Å². The second-order valence-corrected chi connectivity index (χ2v) is 10.8. The summed E-state index contributed by atoms with van der Waals surface area (Å²) >= 11 is 0. The van der Waals surface area contributed by atoms with Crippen molar-refractivity contribution in [3.63, 3.8) is 0 Å². The first-order valence-corrected chi connectivity index (χ1v) is 14.2. The van der Waals surface area contributed by atoms with Crippen LogP contribution in [0.25, 0.3) is 10.9 Å². The smallest absolute Gasteiger partial charge is 0.361 e. The van der Waals surface area contributed by atoms with E-state index in [4.69, 9.17) is 0 Å². The zero-order valence-electron chi connectivity index (χ0n) is 24.1. The number of fused-ring (bicyclic) bond motifs is 1. The summed E-state index contributed by atoms with van der Waals surface area (Å²) in [5.41, 5.74) is 3.36. The fraction of sp³-hybridized carbons (Fsp3) is 0.200. The van der Waals surface area contributed by atoms with E-state index in [1.54, 1.807) is 4.90 Å². The molecule has 0 atom stereocenters. The highest BCUT2D eigenvalue weighted by atomic mass is 19.4. The Morgan fingerprint density at radius 2 is 1.45 bits per heavy atom. The van der Waals surface area contributed by atoms with Crippen LogP contribution in [0.15, 0.2) is 103 Å². The monoisotopic (exact) mass is 601 g/mol. The number of H-pyrrole nitrogens is 1. The lowest BCUT2D eigenvalue weighted by atomic mass is 10.1. The maximum absolute atomic E-state index is 13.9. The van der Waals surface area contributed by atoms with Gasteiger partial charge < -0.3 is 14.8 Å². The minimum absolute atomic E-state index is 0.0953. The highest BCUT2D eigenvalue weighted by Crippen LogP contribution is 2.30. The maximum Gasteiger partial charge on any atom is 0.416 e. The number of amides is 2. The lowest BCUT2D eigenvalue weighted by Crippen LogP contribution is -2.43. The van der Waals surface area contributed by atoms with E-state index in [0.717, 1.165) is 39.7 Å². The lowest BCUT2D eigenvalue weighted by Gasteiger charge is -2.28. The Morgan fingerprint density at radius 1 is 0.795 bits per heavy atom. The van der Waals surface area contributed by atoms with Gasteiger partial charge >= 0.3 is 6.18 Å². The standard InChI is InChI=1S/C35H31F4N3O2/c1-24-9-11-25(12-10-24)21-41(18-17-28-20-40-32-8-3-2-7-31(28)32)33(43)23-42(22-26-13-15-30(36)16-14-26)34(44)27-5-4-6-29(19-27)35(37,38)39/h2-16,19-20,40H,17-18,21-23H2,1H3. The number of aromatic nitrogens is 1. The number of nitrogens with zero attached hydrogens (tertiary/aromatic N) is 2. The number of benzene rings is 4. The van der Waals surface area contributed by atoms with Crippen LogP contribution in [0.4, 0.5) is 17.6 Å². The van der Waals surface area contributed by atoms with Gasteiger partial charge in [-0.2, -0.15) is 13.2 Å². The average molecular weight is 602 g/mol. The van der Waals surface area contributed by atoms with Gasteiger partial charge in [0.2, 0.25) is 5.91 Å². The molecule has 0 bridgehead atoms. The fourth-order valence-corrected chi connectivity index (χ4v) is 5.08. The number of para-hydroxylation sites is 1. The molecule has 0 aliphatic heterocycles. The number of aryl methyl sites for hydroxylation is 1. The molecule has 0 radical (unpaired) electrons. The molecule has 226 valence electrons. The molecule has 1 aromatic heterocycles. The number of hydrogen-bond acceptors (Lipinski definition) is 2. The molecule has 0 aliphatic carbocycles. The Labute approximate surface area is 252 Å². The number of halogens is 4. The van der Waals surface area contributed by atoms with Gasteiger partial charge in [0.1, 0.15) is 12.4 Å². The third-order valence-electron chi connectivity index (χ3n) is 7.51. The molecule has 0 aliphatic rings. The van der Waals surface area contributed by atoms with Gasteiger partial charge in [0, 0.05) is 42.3 Å². The number of carbonyl (C=O) groups excluding carboxylic acids is 2. The van der Waals surface area contributed by atoms with Gasteiger partial charge in [0.05, 0.1) is 5.56 Å². The quantitative estimate of drug-likeness (QED) is 0.168. The van der Waals surface area contributed by atoms with Crippen LogP contribution < -0.4 is 0 Å². The molecular weight excluding hydrogens is 570 g/mol. The lowest BCUT2D eigenvalue weighted by molar-refractivity contribution is -0.137. The second kappa shape index (κ2) is 13.2. The largest absolute Gasteiger partial charge is 0.416 e. The Morgan fingerprint density at radius 3 is 2.16 bits per heavy atom. The van der Waals surface area contributed by atoms with Crippen molar-refractivity contribution in [2.75, 3.05) is 13.1 Å². The predicted octanol–water partition coefficient (Wildman–Crippen LogP) is 7.55. The zero-order valence-corrected chi connectivity index (χ0v) is 24.1. The normalized spacial score (nSPS) is 11.5. The number of nitrogens with one attached hydrogen (secondary N) is 1. The van der Waals surface area contributed by atoms with E-state index < -0.39 is 23.5 Å². The molecule has 1 N–H and O–H groups in total. The Bertz CT molecular complexity index is 1740. The zero-order chi connectivity index (χ0) is 31.3. The molecule has 44 heavy (non-hydrogen) atoms. The van der Waals surface area contributed by atoms with Crippen LogP contribution in [-0.2, 0) is 30.5 Å². The molecule has 4 aromatic carbocycles. The second-order valence-electron chi connectivity index (χ2n) is 10.8. The van der Waals surface area contributed by atoms with Crippen LogP contribution in [0.3, 0.4) is 0 Å². The summed E-state index contributed by atoms with van der Waals surface area (Å²) in [6.45, 7) is 2.12. The molecule has 5 rings (SSSR count). The molecule has 1 heterocycles. The summed E-state index contributed by atoms with van der Waals surface area (Å²) in [4.78, 5) is 33.7. The van der Waals surface area contributed by atoms with Crippen molar-refractivity contribution < 1.29 is 27.2 Å². The molecule has 5 aromatic rings. The summed E-state index contributed by atoms with van der Waals surface area (Å²) in [6, 6.07) is 25.2. The van der Waals surface area contributed by atoms with Crippen molar-refractivity contribution >= 4 is 22.7 Å². The molecule has 0 unspecified atom stereocenters.